The van der Waals surface area contributed by atoms with E-state index in [1.54, 1.807) is 4.90 Å². The smallest absolute Gasteiger partial charge is 0.351 e. The number of nitrogens with two attached hydrogens (primary N) is 1. The summed E-state index contributed by atoms with van der Waals surface area (Å²) >= 11 is 0. The zero-order chi connectivity index (χ0) is 34.4. The maximum Gasteiger partial charge on any atom is 0.416 e. The van der Waals surface area contributed by atoms with Crippen molar-refractivity contribution in [2.24, 2.45) is 23.5 Å². The Hall–Kier alpha value is -3.97. The summed E-state index contributed by atoms with van der Waals surface area (Å²) < 4.78 is 81.6. The highest BCUT2D eigenvalue weighted by Crippen LogP contribution is 2.46. The Bertz CT molecular complexity index is 1470. The van der Waals surface area contributed by atoms with Crippen LogP contribution in [-0.2, 0) is 17.1 Å². The highest BCUT2D eigenvalue weighted by molar-refractivity contribution is 5.80. The van der Waals surface area contributed by atoms with Gasteiger partial charge in [0.1, 0.15) is 0 Å². The molecule has 0 unspecified atom stereocenters. The van der Waals surface area contributed by atoms with Gasteiger partial charge in [0.2, 0.25) is 5.91 Å². The topological polar surface area (TPSA) is 90.2 Å². The molecule has 5 rings (SSSR count). The molecule has 0 saturated carbocycles. The third kappa shape index (κ3) is 7.01. The molecule has 3 aliphatic heterocycles. The van der Waals surface area contributed by atoms with Gasteiger partial charge < -0.3 is 25.3 Å². The van der Waals surface area contributed by atoms with Gasteiger partial charge in [-0.15, -0.1) is 0 Å². The van der Waals surface area contributed by atoms with Crippen molar-refractivity contribution in [3.63, 3.8) is 0 Å². The van der Waals surface area contributed by atoms with E-state index in [-0.39, 0.29) is 35.3 Å². The molecule has 0 radical (unpaired) electrons. The molecule has 0 spiro atoms. The van der Waals surface area contributed by atoms with Gasteiger partial charge in [-0.1, -0.05) is 24.3 Å². The number of hydrogen-bond donors (Lipinski definition) is 1. The molecule has 0 bridgehead atoms. The molecule has 3 heterocycles. The average Bonchev–Trinajstić information content (AvgIpc) is 3.47. The summed E-state index contributed by atoms with van der Waals surface area (Å²) in [6.07, 6.45) is -8.43. The van der Waals surface area contributed by atoms with E-state index in [9.17, 15) is 40.7 Å². The number of urea groups is 2. The number of nitrogens with zero attached hydrogens (tertiary/aromatic N) is 4. The van der Waals surface area contributed by atoms with Crippen molar-refractivity contribution in [2.45, 2.75) is 57.5 Å². The Labute approximate surface area is 269 Å². The van der Waals surface area contributed by atoms with Gasteiger partial charge in [0.25, 0.3) is 0 Å². The number of aryl methyl sites for hydroxylation is 1. The Morgan fingerprint density at radius 1 is 0.872 bits per heavy atom. The highest BCUT2D eigenvalue weighted by Gasteiger charge is 2.49. The fourth-order valence-electron chi connectivity index (χ4n) is 7.36. The van der Waals surface area contributed by atoms with Gasteiger partial charge in [-0.25, -0.2) is 9.59 Å². The van der Waals surface area contributed by atoms with E-state index in [1.807, 2.05) is 36.1 Å². The van der Waals surface area contributed by atoms with Gasteiger partial charge in [-0.3, -0.25) is 4.79 Å². The molecule has 2 N–H and O–H groups in total. The number of benzene rings is 2. The molecule has 0 aromatic heterocycles. The highest BCUT2D eigenvalue weighted by atomic mass is 19.4. The van der Waals surface area contributed by atoms with Crippen LogP contribution in [0.1, 0.15) is 66.1 Å². The SMILES string of the molecule is Cc1ccccc1[C@H]1[C@@H]2CN(C(=O)C3CCN(C(N)=O)CC3)C[C@H]2CCN1C(=O)N(C)[C@H](C)c1cc(C(F)(F)F)cc(C(F)(F)F)c1. The lowest BCUT2D eigenvalue weighted by Gasteiger charge is -2.45. The molecular weight excluding hydrogens is 628 g/mol. The summed E-state index contributed by atoms with van der Waals surface area (Å²) in [7, 11) is 1.38. The molecule has 2 aromatic carbocycles. The van der Waals surface area contributed by atoms with E-state index in [1.165, 1.54) is 23.8 Å². The molecule has 0 aliphatic carbocycles. The van der Waals surface area contributed by atoms with Crippen molar-refractivity contribution < 1.29 is 40.7 Å². The number of hydrogen-bond acceptors (Lipinski definition) is 3. The quantitative estimate of drug-likeness (QED) is 0.380. The summed E-state index contributed by atoms with van der Waals surface area (Å²) in [5.74, 6) is -0.307. The van der Waals surface area contributed by atoms with Crippen molar-refractivity contribution in [3.8, 4) is 0 Å². The summed E-state index contributed by atoms with van der Waals surface area (Å²) in [6, 6.07) is 6.31. The van der Waals surface area contributed by atoms with Crippen LogP contribution in [0.4, 0.5) is 35.9 Å². The zero-order valence-electron chi connectivity index (χ0n) is 26.4. The first kappa shape index (κ1) is 34.4. The molecule has 256 valence electrons. The van der Waals surface area contributed by atoms with Crippen LogP contribution in [0.2, 0.25) is 0 Å². The molecule has 14 heteroatoms. The van der Waals surface area contributed by atoms with Gasteiger partial charge in [0, 0.05) is 51.6 Å². The monoisotopic (exact) mass is 667 g/mol. The van der Waals surface area contributed by atoms with Crippen LogP contribution in [0, 0.1) is 24.7 Å². The first-order valence-corrected chi connectivity index (χ1v) is 15.7. The number of piperidine rings is 2. The minimum Gasteiger partial charge on any atom is -0.351 e. The minimum atomic E-state index is -5.01. The summed E-state index contributed by atoms with van der Waals surface area (Å²) in [5, 5.41) is 0. The number of rotatable bonds is 4. The number of fused-ring (bicyclic) bond motifs is 1. The second-order valence-electron chi connectivity index (χ2n) is 13.0. The fraction of sp³-hybridized carbons (Fsp3) is 0.545. The van der Waals surface area contributed by atoms with Gasteiger partial charge in [0.15, 0.2) is 0 Å². The van der Waals surface area contributed by atoms with E-state index in [0.717, 1.165) is 11.1 Å². The van der Waals surface area contributed by atoms with Gasteiger partial charge in [-0.2, -0.15) is 26.3 Å². The first-order valence-electron chi connectivity index (χ1n) is 15.7. The lowest BCUT2D eigenvalue weighted by Crippen LogP contribution is -2.51. The molecule has 8 nitrogen and oxygen atoms in total. The van der Waals surface area contributed by atoms with Crippen molar-refractivity contribution in [1.82, 2.24) is 19.6 Å². The third-order valence-corrected chi connectivity index (χ3v) is 10.2. The van der Waals surface area contributed by atoms with Crippen molar-refractivity contribution in [1.29, 1.82) is 0 Å². The molecule has 47 heavy (non-hydrogen) atoms. The van der Waals surface area contributed by atoms with Crippen LogP contribution in [0.15, 0.2) is 42.5 Å². The number of amides is 5. The first-order chi connectivity index (χ1) is 22.0. The molecular formula is C33H39F6N5O3. The number of halogens is 6. The molecule has 3 fully saturated rings. The van der Waals surface area contributed by atoms with Gasteiger partial charge in [-0.05, 0) is 73.9 Å². The Morgan fingerprint density at radius 3 is 2.02 bits per heavy atom. The molecule has 3 aliphatic rings. The molecule has 5 amide bonds. The summed E-state index contributed by atoms with van der Waals surface area (Å²) in [4.78, 5) is 45.6. The van der Waals surface area contributed by atoms with E-state index in [0.29, 0.717) is 64.1 Å². The van der Waals surface area contributed by atoms with Crippen LogP contribution < -0.4 is 5.73 Å². The maximum atomic E-state index is 14.2. The average molecular weight is 668 g/mol. The number of carbonyl (C=O) groups is 3. The fourth-order valence-corrected chi connectivity index (χ4v) is 7.36. The van der Waals surface area contributed by atoms with E-state index < -0.39 is 47.6 Å². The number of alkyl halides is 6. The van der Waals surface area contributed by atoms with Crippen LogP contribution in [0.5, 0.6) is 0 Å². The summed E-state index contributed by atoms with van der Waals surface area (Å²) in [5.41, 5.74) is 4.02. The van der Waals surface area contributed by atoms with Crippen molar-refractivity contribution in [2.75, 3.05) is 39.8 Å². The van der Waals surface area contributed by atoms with E-state index in [2.05, 4.69) is 0 Å². The number of primary amides is 1. The standard InChI is InChI=1S/C33H39F6N5O3/c1-19-6-4-5-7-26(19)28-27-18-43(29(45)21-8-11-42(12-9-21)30(40)46)17-22(27)10-13-44(28)31(47)41(3)20(2)23-14-24(32(34,35)36)16-25(15-23)33(37,38)39/h4-7,14-16,20-22,27-28H,8-13,17-18H2,1-3H3,(H2,40,46)/t20-,22-,27-,28+/m1/s1. The Kier molecular flexibility index (Phi) is 9.44. The Balaban J connectivity index is 1.41. The molecule has 2 aromatic rings. The maximum absolute atomic E-state index is 14.2. The lowest BCUT2D eigenvalue weighted by molar-refractivity contribution is -0.143. The minimum absolute atomic E-state index is 0.000635. The van der Waals surface area contributed by atoms with Gasteiger partial charge in [0.05, 0.1) is 23.2 Å². The summed E-state index contributed by atoms with van der Waals surface area (Å²) in [6.45, 7) is 5.33. The third-order valence-electron chi connectivity index (χ3n) is 10.2. The van der Waals surface area contributed by atoms with Crippen LogP contribution in [-0.4, -0.2) is 77.3 Å². The van der Waals surface area contributed by atoms with Crippen molar-refractivity contribution >= 4 is 18.0 Å². The molecule has 3 saturated heterocycles. The van der Waals surface area contributed by atoms with E-state index in [4.69, 9.17) is 5.73 Å². The largest absolute Gasteiger partial charge is 0.416 e. The van der Waals surface area contributed by atoms with Crippen LogP contribution >= 0.6 is 0 Å². The molecule has 4 atom stereocenters. The van der Waals surface area contributed by atoms with Crippen molar-refractivity contribution in [3.05, 3.63) is 70.3 Å². The van der Waals surface area contributed by atoms with Crippen LogP contribution in [0.25, 0.3) is 0 Å². The van der Waals surface area contributed by atoms with Crippen LogP contribution in [0.3, 0.4) is 0 Å². The normalized spacial score (nSPS) is 23.0. The predicted octanol–water partition coefficient (Wildman–Crippen LogP) is 6.46. The number of carbonyl (C=O) groups excluding carboxylic acids is 3. The second kappa shape index (κ2) is 12.9. The van der Waals surface area contributed by atoms with Gasteiger partial charge >= 0.3 is 24.4 Å². The Morgan fingerprint density at radius 2 is 1.47 bits per heavy atom. The number of likely N-dealkylation sites (tertiary alicyclic amines) is 3. The predicted molar refractivity (Wildman–Crippen MR) is 161 cm³/mol. The van der Waals surface area contributed by atoms with E-state index >= 15 is 0 Å². The lowest BCUT2D eigenvalue weighted by atomic mass is 9.78. The zero-order valence-corrected chi connectivity index (χ0v) is 26.4. The second-order valence-corrected chi connectivity index (χ2v) is 13.0.